The first kappa shape index (κ1) is 32.6. The van der Waals surface area contributed by atoms with Crippen molar-refractivity contribution < 1.29 is 32.2 Å². The molecule has 4 rings (SSSR count). The number of anilines is 1. The smallest absolute Gasteiger partial charge is 0.264 e. The van der Waals surface area contributed by atoms with Crippen LogP contribution in [-0.4, -0.2) is 53.8 Å². The standard InChI is InChI=1S/C33H34N4O7S/c1-24(26-9-5-4-6-10-26)35-33(39)23-44-28-15-13-25(14-16-28)21-34-36-32(38)22-37(30-11-7-8-12-31(30)43-3)45(40,41)29-19-17-27(42-2)18-20-29/h4-21,24H,22-23H2,1-3H3,(H,35,39)(H,36,38)/b34-21-/t24-/m1/s1. The molecule has 2 amide bonds. The number of hydrazone groups is 1. The summed E-state index contributed by atoms with van der Waals surface area (Å²) in [5.41, 5.74) is 4.19. The van der Waals surface area contributed by atoms with Crippen molar-refractivity contribution in [2.75, 3.05) is 31.7 Å². The number of nitrogens with zero attached hydrogens (tertiary/aromatic N) is 2. The molecule has 45 heavy (non-hydrogen) atoms. The molecular formula is C33H34N4O7S. The minimum atomic E-state index is -4.18. The van der Waals surface area contributed by atoms with Crippen molar-refractivity contribution in [3.05, 3.63) is 114 Å². The molecule has 12 heteroatoms. The van der Waals surface area contributed by atoms with Crippen LogP contribution in [0.2, 0.25) is 0 Å². The number of ether oxygens (including phenoxy) is 3. The molecule has 0 unspecified atom stereocenters. The highest BCUT2D eigenvalue weighted by Gasteiger charge is 2.29. The van der Waals surface area contributed by atoms with Crippen LogP contribution in [0.1, 0.15) is 24.1 Å². The van der Waals surface area contributed by atoms with E-state index in [1.165, 1.54) is 44.7 Å². The third-order valence-electron chi connectivity index (χ3n) is 6.62. The number of nitrogens with one attached hydrogen (secondary N) is 2. The zero-order valence-corrected chi connectivity index (χ0v) is 25.9. The topological polar surface area (TPSA) is 136 Å². The fraction of sp³-hybridized carbons (Fsp3) is 0.182. The zero-order chi connectivity index (χ0) is 32.2. The Kier molecular flexibility index (Phi) is 11.1. The molecule has 0 aliphatic carbocycles. The number of carbonyl (C=O) groups excluding carboxylic acids is 2. The second kappa shape index (κ2) is 15.4. The Hall–Kier alpha value is -5.36. The van der Waals surface area contributed by atoms with Gasteiger partial charge in [0, 0.05) is 0 Å². The largest absolute Gasteiger partial charge is 0.497 e. The Labute approximate surface area is 262 Å². The number of carbonyl (C=O) groups is 2. The van der Waals surface area contributed by atoms with Crippen LogP contribution in [0.3, 0.4) is 0 Å². The van der Waals surface area contributed by atoms with E-state index >= 15 is 0 Å². The second-order valence-corrected chi connectivity index (χ2v) is 11.6. The van der Waals surface area contributed by atoms with E-state index < -0.39 is 22.5 Å². The van der Waals surface area contributed by atoms with Gasteiger partial charge in [-0.2, -0.15) is 5.10 Å². The number of hydrogen-bond acceptors (Lipinski definition) is 8. The van der Waals surface area contributed by atoms with Gasteiger partial charge in [0.25, 0.3) is 21.8 Å². The fourth-order valence-electron chi connectivity index (χ4n) is 4.26. The molecule has 0 aliphatic rings. The van der Waals surface area contributed by atoms with Gasteiger partial charge in [0.15, 0.2) is 6.61 Å². The summed E-state index contributed by atoms with van der Waals surface area (Å²) in [6.45, 7) is 1.18. The van der Waals surface area contributed by atoms with E-state index in [2.05, 4.69) is 15.8 Å². The Morgan fingerprint density at radius 3 is 2.13 bits per heavy atom. The molecule has 0 bridgehead atoms. The lowest BCUT2D eigenvalue weighted by Crippen LogP contribution is -2.39. The Bertz CT molecular complexity index is 1710. The van der Waals surface area contributed by atoms with Crippen LogP contribution in [0.25, 0.3) is 0 Å². The molecule has 4 aromatic rings. The van der Waals surface area contributed by atoms with Crippen LogP contribution in [-0.2, 0) is 19.6 Å². The molecule has 2 N–H and O–H groups in total. The molecule has 0 aromatic heterocycles. The molecule has 0 radical (unpaired) electrons. The maximum absolute atomic E-state index is 13.7. The van der Waals surface area contributed by atoms with Gasteiger partial charge < -0.3 is 19.5 Å². The number of para-hydroxylation sites is 2. The van der Waals surface area contributed by atoms with Gasteiger partial charge in [-0.15, -0.1) is 0 Å². The van der Waals surface area contributed by atoms with Crippen LogP contribution >= 0.6 is 0 Å². The van der Waals surface area contributed by atoms with E-state index in [1.807, 2.05) is 37.3 Å². The van der Waals surface area contributed by atoms with Crippen molar-refractivity contribution in [2.45, 2.75) is 17.9 Å². The van der Waals surface area contributed by atoms with E-state index in [9.17, 15) is 18.0 Å². The van der Waals surface area contributed by atoms with Crippen molar-refractivity contribution in [3.63, 3.8) is 0 Å². The molecule has 0 saturated heterocycles. The summed E-state index contributed by atoms with van der Waals surface area (Å²) in [4.78, 5) is 25.2. The first-order chi connectivity index (χ1) is 21.7. The molecule has 234 valence electrons. The summed E-state index contributed by atoms with van der Waals surface area (Å²) in [5.74, 6) is 0.315. The highest BCUT2D eigenvalue weighted by Crippen LogP contribution is 2.32. The molecule has 0 spiro atoms. The Morgan fingerprint density at radius 1 is 0.822 bits per heavy atom. The number of methoxy groups -OCH3 is 2. The summed E-state index contributed by atoms with van der Waals surface area (Å²) >= 11 is 0. The first-order valence-corrected chi connectivity index (χ1v) is 15.3. The van der Waals surface area contributed by atoms with Crippen LogP contribution in [0, 0.1) is 0 Å². The normalized spacial score (nSPS) is 11.8. The maximum atomic E-state index is 13.7. The van der Waals surface area contributed by atoms with Gasteiger partial charge in [0.05, 0.1) is 37.1 Å². The van der Waals surface area contributed by atoms with Gasteiger partial charge in [-0.1, -0.05) is 42.5 Å². The highest BCUT2D eigenvalue weighted by molar-refractivity contribution is 7.92. The minimum absolute atomic E-state index is 0.0315. The molecule has 11 nitrogen and oxygen atoms in total. The molecule has 0 saturated carbocycles. The highest BCUT2D eigenvalue weighted by atomic mass is 32.2. The fourth-order valence-corrected chi connectivity index (χ4v) is 5.69. The van der Waals surface area contributed by atoms with Gasteiger partial charge in [-0.25, -0.2) is 13.8 Å². The number of rotatable bonds is 14. The van der Waals surface area contributed by atoms with Gasteiger partial charge in [0.2, 0.25) is 0 Å². The van der Waals surface area contributed by atoms with Crippen LogP contribution in [0.5, 0.6) is 17.2 Å². The average molecular weight is 631 g/mol. The summed E-state index contributed by atoms with van der Waals surface area (Å²) in [7, 11) is -1.28. The summed E-state index contributed by atoms with van der Waals surface area (Å²) in [5, 5.41) is 6.87. The van der Waals surface area contributed by atoms with Gasteiger partial charge in [0.1, 0.15) is 23.8 Å². The van der Waals surface area contributed by atoms with Crippen molar-refractivity contribution in [1.29, 1.82) is 0 Å². The van der Waals surface area contributed by atoms with Crippen molar-refractivity contribution in [1.82, 2.24) is 10.7 Å². The van der Waals surface area contributed by atoms with Gasteiger partial charge in [-0.3, -0.25) is 13.9 Å². The van der Waals surface area contributed by atoms with Gasteiger partial charge >= 0.3 is 0 Å². The SMILES string of the molecule is COc1ccc(S(=O)(=O)N(CC(=O)N/N=C\c2ccc(OCC(=O)N[C@H](C)c3ccccc3)cc2)c2ccccc2OC)cc1. The first-order valence-electron chi connectivity index (χ1n) is 13.9. The van der Waals surface area contributed by atoms with Crippen LogP contribution < -0.4 is 29.3 Å². The summed E-state index contributed by atoms with van der Waals surface area (Å²) in [6, 6.07) is 28.5. The zero-order valence-electron chi connectivity index (χ0n) is 25.0. The predicted octanol–water partition coefficient (Wildman–Crippen LogP) is 4.31. The van der Waals surface area contributed by atoms with E-state index in [1.54, 1.807) is 48.5 Å². The second-order valence-electron chi connectivity index (χ2n) is 9.71. The molecular weight excluding hydrogens is 596 g/mol. The molecule has 4 aromatic carbocycles. The monoisotopic (exact) mass is 630 g/mol. The molecule has 0 heterocycles. The average Bonchev–Trinajstić information content (AvgIpc) is 3.07. The van der Waals surface area contributed by atoms with Crippen molar-refractivity contribution in [3.8, 4) is 17.2 Å². The summed E-state index contributed by atoms with van der Waals surface area (Å²) in [6.07, 6.45) is 1.40. The predicted molar refractivity (Wildman–Crippen MR) is 171 cm³/mol. The maximum Gasteiger partial charge on any atom is 0.264 e. The lowest BCUT2D eigenvalue weighted by Gasteiger charge is -2.25. The molecule has 0 aliphatic heterocycles. The minimum Gasteiger partial charge on any atom is -0.497 e. The van der Waals surface area contributed by atoms with E-state index in [4.69, 9.17) is 14.2 Å². The number of hydrogen-bond donors (Lipinski definition) is 2. The number of amides is 2. The lowest BCUT2D eigenvalue weighted by molar-refractivity contribution is -0.123. The van der Waals surface area contributed by atoms with Crippen molar-refractivity contribution in [2.24, 2.45) is 5.10 Å². The third-order valence-corrected chi connectivity index (χ3v) is 8.39. The van der Waals surface area contributed by atoms with Gasteiger partial charge in [-0.05, 0) is 78.7 Å². The van der Waals surface area contributed by atoms with E-state index in [0.717, 1.165) is 9.87 Å². The molecule has 0 fully saturated rings. The quantitative estimate of drug-likeness (QED) is 0.157. The van der Waals surface area contributed by atoms with Crippen LogP contribution in [0.15, 0.2) is 113 Å². The van der Waals surface area contributed by atoms with Crippen LogP contribution in [0.4, 0.5) is 5.69 Å². The Morgan fingerprint density at radius 2 is 1.47 bits per heavy atom. The Balaban J connectivity index is 1.36. The third kappa shape index (κ3) is 8.83. The lowest BCUT2D eigenvalue weighted by atomic mass is 10.1. The number of benzene rings is 4. The van der Waals surface area contributed by atoms with E-state index in [-0.39, 0.29) is 34.9 Å². The molecule has 1 atom stereocenters. The summed E-state index contributed by atoms with van der Waals surface area (Å²) < 4.78 is 44.3. The van der Waals surface area contributed by atoms with E-state index in [0.29, 0.717) is 17.1 Å². The number of sulfonamides is 1. The van der Waals surface area contributed by atoms with Crippen molar-refractivity contribution >= 4 is 33.7 Å².